The van der Waals surface area contributed by atoms with Gasteiger partial charge in [0.2, 0.25) is 0 Å². The fourth-order valence-corrected chi connectivity index (χ4v) is 4.57. The van der Waals surface area contributed by atoms with Crippen LogP contribution in [0.2, 0.25) is 5.02 Å². The van der Waals surface area contributed by atoms with Crippen molar-refractivity contribution in [3.8, 4) is 5.75 Å². The topological polar surface area (TPSA) is 61.9 Å². The van der Waals surface area contributed by atoms with E-state index in [1.807, 2.05) is 72.5 Å². The standard InChI is InChI=1S/C29H32ClN3O3/c1-20(2)22-8-11-24(12-9-22)36-19-28(34)31-23-10-13-27(26(30)18-23)32-14-16-33(17-15-32)29(35)25-7-5-4-6-21(25)3/h4-13,18,20H,14-17,19H2,1-3H3,(H,31,34). The van der Waals surface area contributed by atoms with Crippen LogP contribution in [0.25, 0.3) is 0 Å². The molecule has 6 nitrogen and oxygen atoms in total. The average molecular weight is 506 g/mol. The number of rotatable bonds is 7. The van der Waals surface area contributed by atoms with E-state index in [2.05, 4.69) is 24.1 Å². The van der Waals surface area contributed by atoms with Crippen LogP contribution in [0.1, 0.15) is 41.3 Å². The Morgan fingerprint density at radius 3 is 2.31 bits per heavy atom. The molecule has 0 aliphatic carbocycles. The van der Waals surface area contributed by atoms with E-state index in [-0.39, 0.29) is 18.4 Å². The van der Waals surface area contributed by atoms with E-state index in [9.17, 15) is 9.59 Å². The monoisotopic (exact) mass is 505 g/mol. The highest BCUT2D eigenvalue weighted by Gasteiger charge is 2.24. The largest absolute Gasteiger partial charge is 0.484 e. The fourth-order valence-electron chi connectivity index (χ4n) is 4.27. The van der Waals surface area contributed by atoms with Crippen molar-refractivity contribution in [1.82, 2.24) is 4.90 Å². The lowest BCUT2D eigenvalue weighted by molar-refractivity contribution is -0.118. The van der Waals surface area contributed by atoms with Gasteiger partial charge in [-0.1, -0.05) is 55.8 Å². The van der Waals surface area contributed by atoms with Crippen LogP contribution >= 0.6 is 11.6 Å². The molecule has 0 unspecified atom stereocenters. The molecule has 0 atom stereocenters. The summed E-state index contributed by atoms with van der Waals surface area (Å²) in [5, 5.41) is 3.39. The number of benzene rings is 3. The summed E-state index contributed by atoms with van der Waals surface area (Å²) >= 11 is 6.57. The summed E-state index contributed by atoms with van der Waals surface area (Å²) in [7, 11) is 0. The van der Waals surface area contributed by atoms with Crippen LogP contribution in [0.5, 0.6) is 5.75 Å². The highest BCUT2D eigenvalue weighted by atomic mass is 35.5. The molecule has 3 aromatic carbocycles. The first-order valence-electron chi connectivity index (χ1n) is 12.2. The van der Waals surface area contributed by atoms with Crippen LogP contribution in [0.4, 0.5) is 11.4 Å². The summed E-state index contributed by atoms with van der Waals surface area (Å²) < 4.78 is 5.61. The van der Waals surface area contributed by atoms with Gasteiger partial charge >= 0.3 is 0 Å². The van der Waals surface area contributed by atoms with E-state index in [0.717, 1.165) is 16.8 Å². The number of nitrogens with one attached hydrogen (secondary N) is 1. The molecule has 1 aliphatic rings. The number of aryl methyl sites for hydroxylation is 1. The van der Waals surface area contributed by atoms with Gasteiger partial charge in [-0.15, -0.1) is 0 Å². The molecule has 2 amide bonds. The molecule has 1 N–H and O–H groups in total. The Hall–Kier alpha value is -3.51. The predicted octanol–water partition coefficient (Wildman–Crippen LogP) is 5.75. The third-order valence-corrected chi connectivity index (χ3v) is 6.73. The Balaban J connectivity index is 1.29. The maximum Gasteiger partial charge on any atom is 0.262 e. The Kier molecular flexibility index (Phi) is 8.16. The Morgan fingerprint density at radius 1 is 0.972 bits per heavy atom. The summed E-state index contributed by atoms with van der Waals surface area (Å²) in [6, 6.07) is 20.9. The van der Waals surface area contributed by atoms with Gasteiger partial charge in [-0.05, 0) is 60.4 Å². The van der Waals surface area contributed by atoms with Crippen LogP contribution in [-0.2, 0) is 4.79 Å². The van der Waals surface area contributed by atoms with E-state index in [0.29, 0.717) is 48.6 Å². The van der Waals surface area contributed by atoms with Gasteiger partial charge in [0.05, 0.1) is 10.7 Å². The lowest BCUT2D eigenvalue weighted by Crippen LogP contribution is -2.49. The highest BCUT2D eigenvalue weighted by Crippen LogP contribution is 2.30. The number of anilines is 2. The van der Waals surface area contributed by atoms with Gasteiger partial charge in [0.25, 0.3) is 11.8 Å². The second kappa shape index (κ2) is 11.5. The minimum atomic E-state index is -0.255. The van der Waals surface area contributed by atoms with Crippen molar-refractivity contribution in [3.05, 3.63) is 88.4 Å². The molecule has 0 bridgehead atoms. The lowest BCUT2D eigenvalue weighted by Gasteiger charge is -2.36. The molecular weight excluding hydrogens is 474 g/mol. The first kappa shape index (κ1) is 25.6. The zero-order valence-electron chi connectivity index (χ0n) is 21.0. The average Bonchev–Trinajstić information content (AvgIpc) is 2.88. The summed E-state index contributed by atoms with van der Waals surface area (Å²) in [6.07, 6.45) is 0. The van der Waals surface area contributed by atoms with E-state index in [1.54, 1.807) is 6.07 Å². The number of carbonyl (C=O) groups is 2. The number of hydrogen-bond acceptors (Lipinski definition) is 4. The molecule has 1 aliphatic heterocycles. The summed E-state index contributed by atoms with van der Waals surface area (Å²) in [6.45, 7) is 8.76. The van der Waals surface area contributed by atoms with Gasteiger partial charge in [-0.25, -0.2) is 0 Å². The molecule has 188 valence electrons. The molecule has 0 spiro atoms. The Morgan fingerprint density at radius 2 is 1.67 bits per heavy atom. The first-order valence-corrected chi connectivity index (χ1v) is 12.6. The van der Waals surface area contributed by atoms with E-state index in [1.165, 1.54) is 5.56 Å². The van der Waals surface area contributed by atoms with Gasteiger partial charge in [0, 0.05) is 37.4 Å². The molecular formula is C29H32ClN3O3. The van der Waals surface area contributed by atoms with Crippen LogP contribution in [0.15, 0.2) is 66.7 Å². The maximum absolute atomic E-state index is 12.9. The minimum absolute atomic E-state index is 0.0648. The van der Waals surface area contributed by atoms with Crippen molar-refractivity contribution in [1.29, 1.82) is 0 Å². The third-order valence-electron chi connectivity index (χ3n) is 6.43. The lowest BCUT2D eigenvalue weighted by atomic mass is 10.0. The number of piperazine rings is 1. The molecule has 1 saturated heterocycles. The molecule has 1 fully saturated rings. The second-order valence-electron chi connectivity index (χ2n) is 9.32. The van der Waals surface area contributed by atoms with Crippen molar-refractivity contribution < 1.29 is 14.3 Å². The molecule has 3 aromatic rings. The van der Waals surface area contributed by atoms with Crippen LogP contribution in [-0.4, -0.2) is 49.5 Å². The van der Waals surface area contributed by atoms with Crippen molar-refractivity contribution in [3.63, 3.8) is 0 Å². The highest BCUT2D eigenvalue weighted by molar-refractivity contribution is 6.33. The molecule has 1 heterocycles. The van der Waals surface area contributed by atoms with Gasteiger partial charge in [-0.3, -0.25) is 9.59 Å². The van der Waals surface area contributed by atoms with E-state index >= 15 is 0 Å². The number of hydrogen-bond donors (Lipinski definition) is 1. The van der Waals surface area contributed by atoms with Crippen molar-refractivity contribution in [2.24, 2.45) is 0 Å². The smallest absolute Gasteiger partial charge is 0.262 e. The Labute approximate surface area is 217 Å². The zero-order chi connectivity index (χ0) is 25.7. The normalized spacial score (nSPS) is 13.6. The summed E-state index contributed by atoms with van der Waals surface area (Å²) in [4.78, 5) is 29.3. The number of halogens is 1. The van der Waals surface area contributed by atoms with Crippen LogP contribution in [0, 0.1) is 6.92 Å². The van der Waals surface area contributed by atoms with E-state index < -0.39 is 0 Å². The van der Waals surface area contributed by atoms with Crippen LogP contribution < -0.4 is 15.0 Å². The first-order chi connectivity index (χ1) is 17.3. The van der Waals surface area contributed by atoms with Gasteiger partial charge in [0.1, 0.15) is 5.75 Å². The van der Waals surface area contributed by atoms with Gasteiger partial charge in [-0.2, -0.15) is 0 Å². The number of amides is 2. The van der Waals surface area contributed by atoms with E-state index in [4.69, 9.17) is 16.3 Å². The minimum Gasteiger partial charge on any atom is -0.484 e. The summed E-state index contributed by atoms with van der Waals surface area (Å²) in [5.74, 6) is 0.910. The Bertz CT molecular complexity index is 1220. The van der Waals surface area contributed by atoms with Crippen LogP contribution in [0.3, 0.4) is 0 Å². The zero-order valence-corrected chi connectivity index (χ0v) is 21.7. The molecule has 0 saturated carbocycles. The molecule has 7 heteroatoms. The quantitative estimate of drug-likeness (QED) is 0.444. The fraction of sp³-hybridized carbons (Fsp3) is 0.310. The maximum atomic E-state index is 12.9. The van der Waals surface area contributed by atoms with Crippen molar-refractivity contribution >= 4 is 34.8 Å². The third kappa shape index (κ3) is 6.18. The van der Waals surface area contributed by atoms with Gasteiger partial charge in [0.15, 0.2) is 6.61 Å². The SMILES string of the molecule is Cc1ccccc1C(=O)N1CCN(c2ccc(NC(=O)COc3ccc(C(C)C)cc3)cc2Cl)CC1. The second-order valence-corrected chi connectivity index (χ2v) is 9.73. The molecule has 36 heavy (non-hydrogen) atoms. The number of nitrogens with zero attached hydrogens (tertiary/aromatic N) is 2. The number of carbonyl (C=O) groups excluding carboxylic acids is 2. The van der Waals surface area contributed by atoms with Gasteiger partial charge < -0.3 is 19.9 Å². The summed E-state index contributed by atoms with van der Waals surface area (Å²) in [5.41, 5.74) is 4.46. The van der Waals surface area contributed by atoms with Crippen molar-refractivity contribution in [2.45, 2.75) is 26.7 Å². The predicted molar refractivity (Wildman–Crippen MR) is 145 cm³/mol. The number of ether oxygens (including phenoxy) is 1. The van der Waals surface area contributed by atoms with Crippen molar-refractivity contribution in [2.75, 3.05) is 43.0 Å². The molecule has 0 radical (unpaired) electrons. The molecule has 4 rings (SSSR count). The molecule has 0 aromatic heterocycles.